The van der Waals surface area contributed by atoms with Crippen LogP contribution >= 0.6 is 0 Å². The summed E-state index contributed by atoms with van der Waals surface area (Å²) >= 11 is 0. The lowest BCUT2D eigenvalue weighted by Gasteiger charge is -2.13. The largest absolute Gasteiger partial charge is 0.451 e. The zero-order valence-corrected chi connectivity index (χ0v) is 13.6. The van der Waals surface area contributed by atoms with E-state index in [1.807, 2.05) is 0 Å². The van der Waals surface area contributed by atoms with Crippen LogP contribution in [0.15, 0.2) is 54.9 Å². The van der Waals surface area contributed by atoms with Gasteiger partial charge in [-0.1, -0.05) is 6.07 Å². The van der Waals surface area contributed by atoms with E-state index in [9.17, 15) is 8.78 Å². The molecule has 0 atom stereocenters. The normalized spacial score (nSPS) is 10.5. The van der Waals surface area contributed by atoms with Crippen molar-refractivity contribution in [2.45, 2.75) is 13.5 Å². The Morgan fingerprint density at radius 1 is 1.08 bits per heavy atom. The zero-order valence-electron chi connectivity index (χ0n) is 13.6. The van der Waals surface area contributed by atoms with Crippen molar-refractivity contribution in [1.82, 2.24) is 4.98 Å². The van der Waals surface area contributed by atoms with Gasteiger partial charge in [0.2, 0.25) is 0 Å². The van der Waals surface area contributed by atoms with Gasteiger partial charge in [-0.2, -0.15) is 0 Å². The first-order valence-corrected chi connectivity index (χ1v) is 7.69. The number of ether oxygens (including phenoxy) is 1. The van der Waals surface area contributed by atoms with E-state index < -0.39 is 17.4 Å². The molecule has 3 aromatic rings. The number of halogens is 2. The quantitative estimate of drug-likeness (QED) is 0.663. The summed E-state index contributed by atoms with van der Waals surface area (Å²) in [5, 5.41) is 3.05. The Labute approximate surface area is 144 Å². The van der Waals surface area contributed by atoms with E-state index in [-0.39, 0.29) is 6.54 Å². The maximum Gasteiger partial charge on any atom is 0.198 e. The van der Waals surface area contributed by atoms with Crippen LogP contribution in [0.3, 0.4) is 0 Å². The number of nitrogens with zero attached hydrogens (tertiary/aromatic N) is 1. The third kappa shape index (κ3) is 3.85. The van der Waals surface area contributed by atoms with E-state index in [1.165, 1.54) is 12.1 Å². The molecule has 0 saturated carbocycles. The second-order valence-corrected chi connectivity index (χ2v) is 5.56. The highest BCUT2D eigenvalue weighted by molar-refractivity contribution is 5.51. The number of nitrogen functional groups attached to an aromatic ring is 1. The van der Waals surface area contributed by atoms with Gasteiger partial charge in [0.05, 0.1) is 0 Å². The number of pyridine rings is 1. The van der Waals surface area contributed by atoms with Crippen LogP contribution in [0, 0.1) is 18.6 Å². The molecular formula is C19H17F2N3O. The fourth-order valence-electron chi connectivity index (χ4n) is 2.30. The molecule has 0 aliphatic heterocycles. The highest BCUT2D eigenvalue weighted by atomic mass is 19.1. The SMILES string of the molecule is Cc1cc(Oc2c(F)ccc(CNc3ccncc3)c2F)ccc1N. The Bertz CT molecular complexity index is 885. The molecule has 0 saturated heterocycles. The molecule has 0 fully saturated rings. The Morgan fingerprint density at radius 2 is 1.84 bits per heavy atom. The molecule has 0 unspecified atom stereocenters. The van der Waals surface area contributed by atoms with Crippen molar-refractivity contribution in [1.29, 1.82) is 0 Å². The second kappa shape index (κ2) is 7.17. The summed E-state index contributed by atoms with van der Waals surface area (Å²) in [4.78, 5) is 3.91. The number of nitrogens with two attached hydrogens (primary N) is 1. The minimum Gasteiger partial charge on any atom is -0.451 e. The molecular weight excluding hydrogens is 324 g/mol. The first kappa shape index (κ1) is 16.7. The summed E-state index contributed by atoms with van der Waals surface area (Å²) in [6.07, 6.45) is 3.25. The maximum atomic E-state index is 14.7. The minimum absolute atomic E-state index is 0.188. The van der Waals surface area contributed by atoms with Crippen molar-refractivity contribution in [2.75, 3.05) is 11.1 Å². The number of nitrogens with one attached hydrogen (secondary N) is 1. The molecule has 128 valence electrons. The smallest absolute Gasteiger partial charge is 0.198 e. The Hall–Kier alpha value is -3.15. The maximum absolute atomic E-state index is 14.7. The number of hydrogen-bond donors (Lipinski definition) is 2. The number of hydrogen-bond acceptors (Lipinski definition) is 4. The molecule has 0 spiro atoms. The van der Waals surface area contributed by atoms with Crippen molar-refractivity contribution in [3.8, 4) is 11.5 Å². The first-order chi connectivity index (χ1) is 12.0. The summed E-state index contributed by atoms with van der Waals surface area (Å²) in [6.45, 7) is 1.98. The number of aryl methyl sites for hydroxylation is 1. The van der Waals surface area contributed by atoms with Crippen LogP contribution in [0.25, 0.3) is 0 Å². The Morgan fingerprint density at radius 3 is 2.56 bits per heavy atom. The van der Waals surface area contributed by atoms with Gasteiger partial charge in [0.1, 0.15) is 5.75 Å². The summed E-state index contributed by atoms with van der Waals surface area (Å²) in [5.74, 6) is -1.61. The molecule has 0 radical (unpaired) electrons. The molecule has 1 heterocycles. The first-order valence-electron chi connectivity index (χ1n) is 7.69. The number of benzene rings is 2. The van der Waals surface area contributed by atoms with Crippen LogP contribution in [0.5, 0.6) is 11.5 Å². The van der Waals surface area contributed by atoms with Crippen LogP contribution in [0.4, 0.5) is 20.2 Å². The van der Waals surface area contributed by atoms with Gasteiger partial charge in [-0.3, -0.25) is 4.98 Å². The third-order valence-corrected chi connectivity index (χ3v) is 3.75. The molecule has 0 aliphatic carbocycles. The fourth-order valence-corrected chi connectivity index (χ4v) is 2.30. The standard InChI is InChI=1S/C19H17F2N3O/c1-12-10-15(3-5-17(12)22)25-19-16(20)4-2-13(18(19)21)11-24-14-6-8-23-9-7-14/h2-10H,11,22H2,1H3,(H,23,24). The third-order valence-electron chi connectivity index (χ3n) is 3.75. The second-order valence-electron chi connectivity index (χ2n) is 5.56. The van der Waals surface area contributed by atoms with E-state index in [2.05, 4.69) is 10.3 Å². The van der Waals surface area contributed by atoms with Crippen LogP contribution in [-0.4, -0.2) is 4.98 Å². The number of anilines is 2. The van der Waals surface area contributed by atoms with Crippen molar-refractivity contribution < 1.29 is 13.5 Å². The van der Waals surface area contributed by atoms with Gasteiger partial charge < -0.3 is 15.8 Å². The molecule has 25 heavy (non-hydrogen) atoms. The highest BCUT2D eigenvalue weighted by Crippen LogP contribution is 2.31. The van der Waals surface area contributed by atoms with Crippen molar-refractivity contribution in [2.24, 2.45) is 0 Å². The lowest BCUT2D eigenvalue weighted by atomic mass is 10.1. The van der Waals surface area contributed by atoms with Crippen molar-refractivity contribution in [3.05, 3.63) is 77.6 Å². The van der Waals surface area contributed by atoms with Crippen LogP contribution in [0.2, 0.25) is 0 Å². The van der Waals surface area contributed by atoms with Gasteiger partial charge >= 0.3 is 0 Å². The Kier molecular flexibility index (Phi) is 4.79. The van der Waals surface area contributed by atoms with Crippen LogP contribution in [-0.2, 0) is 6.54 Å². The zero-order chi connectivity index (χ0) is 17.8. The molecule has 4 nitrogen and oxygen atoms in total. The highest BCUT2D eigenvalue weighted by Gasteiger charge is 2.16. The van der Waals surface area contributed by atoms with Gasteiger partial charge in [-0.05, 0) is 48.9 Å². The molecule has 0 bridgehead atoms. The van der Waals surface area contributed by atoms with E-state index in [4.69, 9.17) is 10.5 Å². The average molecular weight is 341 g/mol. The number of rotatable bonds is 5. The van der Waals surface area contributed by atoms with Gasteiger partial charge in [0.25, 0.3) is 0 Å². The van der Waals surface area contributed by atoms with E-state index >= 15 is 0 Å². The molecule has 0 aliphatic rings. The van der Waals surface area contributed by atoms with Gasteiger partial charge in [-0.25, -0.2) is 8.78 Å². The minimum atomic E-state index is -0.764. The fraction of sp³-hybridized carbons (Fsp3) is 0.105. The summed E-state index contributed by atoms with van der Waals surface area (Å²) in [7, 11) is 0. The number of aromatic nitrogens is 1. The average Bonchev–Trinajstić information content (AvgIpc) is 2.62. The van der Waals surface area contributed by atoms with Crippen molar-refractivity contribution in [3.63, 3.8) is 0 Å². The molecule has 0 amide bonds. The molecule has 3 rings (SSSR count). The van der Waals surface area contributed by atoms with Gasteiger partial charge in [-0.15, -0.1) is 0 Å². The topological polar surface area (TPSA) is 60.2 Å². The monoisotopic (exact) mass is 341 g/mol. The molecule has 6 heteroatoms. The van der Waals surface area contributed by atoms with Gasteiger partial charge in [0, 0.05) is 35.9 Å². The van der Waals surface area contributed by atoms with Crippen LogP contribution in [0.1, 0.15) is 11.1 Å². The van der Waals surface area contributed by atoms with E-state index in [0.717, 1.165) is 11.3 Å². The molecule has 1 aromatic heterocycles. The Balaban J connectivity index is 1.83. The summed E-state index contributed by atoms with van der Waals surface area (Å²) in [5.41, 5.74) is 8.18. The lowest BCUT2D eigenvalue weighted by molar-refractivity contribution is 0.404. The summed E-state index contributed by atoms with van der Waals surface area (Å²) in [6, 6.07) is 10.9. The lowest BCUT2D eigenvalue weighted by Crippen LogP contribution is -2.04. The van der Waals surface area contributed by atoms with Gasteiger partial charge in [0.15, 0.2) is 17.4 Å². The predicted octanol–water partition coefficient (Wildman–Crippen LogP) is 4.65. The molecule has 2 aromatic carbocycles. The molecule has 3 N–H and O–H groups in total. The summed E-state index contributed by atoms with van der Waals surface area (Å²) < 4.78 is 34.1. The van der Waals surface area contributed by atoms with Crippen molar-refractivity contribution >= 4 is 11.4 Å². The van der Waals surface area contributed by atoms with E-state index in [1.54, 1.807) is 49.6 Å². The predicted molar refractivity (Wildman–Crippen MR) is 93.6 cm³/mol. The van der Waals surface area contributed by atoms with E-state index in [0.29, 0.717) is 17.0 Å². The van der Waals surface area contributed by atoms with Crippen LogP contribution < -0.4 is 15.8 Å².